The molecule has 0 atom stereocenters. The molecule has 0 fully saturated rings. The summed E-state index contributed by atoms with van der Waals surface area (Å²) in [6.45, 7) is 0.511. The number of hydrogen-bond donors (Lipinski definition) is 2. The number of carbonyl (C=O) groups is 1. The molecular weight excluding hydrogens is 308 g/mol. The van der Waals surface area contributed by atoms with Gasteiger partial charge in [-0.1, -0.05) is 30.0 Å². The number of fused-ring (bicyclic) bond motifs is 1. The summed E-state index contributed by atoms with van der Waals surface area (Å²) in [7, 11) is 1.96. The maximum Gasteiger partial charge on any atom is 0.220 e. The fourth-order valence-corrected chi connectivity index (χ4v) is 3.19. The third-order valence-electron chi connectivity index (χ3n) is 3.99. The quantitative estimate of drug-likeness (QED) is 0.684. The molecule has 0 aliphatic carbocycles. The lowest BCUT2D eigenvalue weighted by Gasteiger charge is -2.06. The topological polar surface area (TPSA) is 62.7 Å². The fraction of sp³-hybridized carbons (Fsp3) is 0.294. The second kappa shape index (κ2) is 6.91. The normalized spacial score (nSPS) is 11.0. The first kappa shape index (κ1) is 15.7. The number of imidazole rings is 1. The van der Waals surface area contributed by atoms with Crippen molar-refractivity contribution in [2.45, 2.75) is 24.5 Å². The van der Waals surface area contributed by atoms with Gasteiger partial charge in [0.25, 0.3) is 0 Å². The number of carbonyl (C=O) groups excluding carboxylic acids is 1. The van der Waals surface area contributed by atoms with Gasteiger partial charge in [0, 0.05) is 30.6 Å². The van der Waals surface area contributed by atoms with Gasteiger partial charge in [0.15, 0.2) is 5.16 Å². The average Bonchev–Trinajstić information content (AvgIpc) is 3.14. The minimum absolute atomic E-state index is 0.0576. The van der Waals surface area contributed by atoms with Gasteiger partial charge in [0.1, 0.15) is 0 Å². The van der Waals surface area contributed by atoms with Crippen LogP contribution < -0.4 is 5.32 Å². The largest absolute Gasteiger partial charge is 0.361 e. The fourth-order valence-electron chi connectivity index (χ4n) is 2.64. The van der Waals surface area contributed by atoms with E-state index < -0.39 is 0 Å². The van der Waals surface area contributed by atoms with E-state index in [1.165, 1.54) is 10.9 Å². The Hall–Kier alpha value is -2.21. The Balaban J connectivity index is 1.54. The maximum absolute atomic E-state index is 12.1. The SMILES string of the molecule is CSc1ncc(CNC(=O)CCc2c[nH]c3ccccc23)n1C. The molecule has 3 aromatic rings. The number of para-hydroxylation sites is 1. The molecule has 2 heterocycles. The number of aromatic nitrogens is 3. The van der Waals surface area contributed by atoms with Gasteiger partial charge < -0.3 is 14.9 Å². The molecule has 2 N–H and O–H groups in total. The average molecular weight is 328 g/mol. The summed E-state index contributed by atoms with van der Waals surface area (Å²) in [6.07, 6.45) is 7.01. The van der Waals surface area contributed by atoms with Crippen LogP contribution in [0.15, 0.2) is 41.8 Å². The monoisotopic (exact) mass is 328 g/mol. The van der Waals surface area contributed by atoms with Gasteiger partial charge in [-0.05, 0) is 24.3 Å². The van der Waals surface area contributed by atoms with Crippen LogP contribution in [0.5, 0.6) is 0 Å². The zero-order valence-corrected chi connectivity index (χ0v) is 14.1. The molecular formula is C17H20N4OS. The summed E-state index contributed by atoms with van der Waals surface area (Å²) in [5.74, 6) is 0.0576. The van der Waals surface area contributed by atoms with Crippen LogP contribution in [0.3, 0.4) is 0 Å². The van der Waals surface area contributed by atoms with Gasteiger partial charge in [-0.15, -0.1) is 0 Å². The molecule has 0 aliphatic heterocycles. The Morgan fingerprint density at radius 3 is 3.00 bits per heavy atom. The van der Waals surface area contributed by atoms with E-state index in [4.69, 9.17) is 0 Å². The summed E-state index contributed by atoms with van der Waals surface area (Å²) in [4.78, 5) is 19.6. The van der Waals surface area contributed by atoms with E-state index >= 15 is 0 Å². The standard InChI is InChI=1S/C17H20N4OS/c1-21-13(11-20-17(21)23-2)10-19-16(22)8-7-12-9-18-15-6-4-3-5-14(12)15/h3-6,9,11,18H,7-8,10H2,1-2H3,(H,19,22). The molecule has 0 saturated carbocycles. The first-order chi connectivity index (χ1) is 11.2. The molecule has 0 unspecified atom stereocenters. The Bertz CT molecular complexity index is 821. The highest BCUT2D eigenvalue weighted by atomic mass is 32.2. The molecule has 0 saturated heterocycles. The zero-order valence-electron chi connectivity index (χ0n) is 13.3. The number of rotatable bonds is 6. The van der Waals surface area contributed by atoms with Crippen LogP contribution in [-0.4, -0.2) is 26.7 Å². The number of aromatic amines is 1. The Morgan fingerprint density at radius 1 is 1.39 bits per heavy atom. The van der Waals surface area contributed by atoms with Gasteiger partial charge >= 0.3 is 0 Å². The first-order valence-electron chi connectivity index (χ1n) is 7.55. The van der Waals surface area contributed by atoms with E-state index in [9.17, 15) is 4.79 Å². The number of nitrogens with one attached hydrogen (secondary N) is 2. The lowest BCUT2D eigenvalue weighted by molar-refractivity contribution is -0.121. The minimum Gasteiger partial charge on any atom is -0.361 e. The summed E-state index contributed by atoms with van der Waals surface area (Å²) in [5, 5.41) is 5.11. The van der Waals surface area contributed by atoms with Crippen LogP contribution in [0.25, 0.3) is 10.9 Å². The molecule has 1 amide bonds. The third kappa shape index (κ3) is 3.42. The van der Waals surface area contributed by atoms with Crippen molar-refractivity contribution in [1.29, 1.82) is 0 Å². The zero-order chi connectivity index (χ0) is 16.2. The van der Waals surface area contributed by atoms with Gasteiger partial charge in [-0.2, -0.15) is 0 Å². The molecule has 0 spiro atoms. The molecule has 1 aromatic carbocycles. The third-order valence-corrected chi connectivity index (χ3v) is 4.73. The molecule has 5 nitrogen and oxygen atoms in total. The van der Waals surface area contributed by atoms with Crippen LogP contribution in [0.1, 0.15) is 17.7 Å². The van der Waals surface area contributed by atoms with E-state index in [1.807, 2.05) is 48.5 Å². The molecule has 2 aromatic heterocycles. The number of benzene rings is 1. The molecule has 0 radical (unpaired) electrons. The van der Waals surface area contributed by atoms with Crippen LogP contribution in [-0.2, 0) is 24.8 Å². The molecule has 0 aliphatic rings. The second-order valence-electron chi connectivity index (χ2n) is 5.43. The predicted octanol–water partition coefficient (Wildman–Crippen LogP) is 2.87. The number of nitrogens with zero attached hydrogens (tertiary/aromatic N) is 2. The van der Waals surface area contributed by atoms with Gasteiger partial charge in [-0.25, -0.2) is 4.98 Å². The molecule has 0 bridgehead atoms. The van der Waals surface area contributed by atoms with E-state index in [-0.39, 0.29) is 5.91 Å². The number of H-pyrrole nitrogens is 1. The van der Waals surface area contributed by atoms with Gasteiger partial charge in [0.2, 0.25) is 5.91 Å². The highest BCUT2D eigenvalue weighted by molar-refractivity contribution is 7.98. The smallest absolute Gasteiger partial charge is 0.220 e. The minimum atomic E-state index is 0.0576. The lowest BCUT2D eigenvalue weighted by Crippen LogP contribution is -2.24. The van der Waals surface area contributed by atoms with Crippen LogP contribution >= 0.6 is 11.8 Å². The van der Waals surface area contributed by atoms with Crippen molar-refractivity contribution in [3.05, 3.63) is 47.9 Å². The number of aryl methyl sites for hydroxylation is 1. The van der Waals surface area contributed by atoms with Crippen LogP contribution in [0.2, 0.25) is 0 Å². The summed E-state index contributed by atoms with van der Waals surface area (Å²) in [6, 6.07) is 8.15. The summed E-state index contributed by atoms with van der Waals surface area (Å²) < 4.78 is 2.00. The lowest BCUT2D eigenvalue weighted by atomic mass is 10.1. The van der Waals surface area contributed by atoms with Crippen LogP contribution in [0, 0.1) is 0 Å². The molecule has 6 heteroatoms. The van der Waals surface area contributed by atoms with Crippen molar-refractivity contribution in [3.63, 3.8) is 0 Å². The van der Waals surface area contributed by atoms with Crippen LogP contribution in [0.4, 0.5) is 0 Å². The Morgan fingerprint density at radius 2 is 2.22 bits per heavy atom. The van der Waals surface area contributed by atoms with Gasteiger partial charge in [-0.3, -0.25) is 4.79 Å². The molecule has 3 rings (SSSR count). The summed E-state index contributed by atoms with van der Waals surface area (Å²) in [5.41, 5.74) is 3.30. The van der Waals surface area contributed by atoms with Crippen molar-refractivity contribution in [2.75, 3.05) is 6.26 Å². The number of thioether (sulfide) groups is 1. The number of hydrogen-bond acceptors (Lipinski definition) is 3. The van der Waals surface area contributed by atoms with E-state index in [0.717, 1.165) is 22.8 Å². The van der Waals surface area contributed by atoms with E-state index in [1.54, 1.807) is 11.8 Å². The van der Waals surface area contributed by atoms with Crippen molar-refractivity contribution in [3.8, 4) is 0 Å². The Labute approximate surface area is 139 Å². The van der Waals surface area contributed by atoms with Crippen molar-refractivity contribution in [1.82, 2.24) is 19.9 Å². The van der Waals surface area contributed by atoms with Gasteiger partial charge in [0.05, 0.1) is 18.4 Å². The Kier molecular flexibility index (Phi) is 4.71. The second-order valence-corrected chi connectivity index (χ2v) is 6.20. The van der Waals surface area contributed by atoms with Crippen molar-refractivity contribution < 1.29 is 4.79 Å². The number of amides is 1. The predicted molar refractivity (Wildman–Crippen MR) is 93.5 cm³/mol. The van der Waals surface area contributed by atoms with Crippen molar-refractivity contribution >= 4 is 28.6 Å². The van der Waals surface area contributed by atoms with E-state index in [0.29, 0.717) is 13.0 Å². The first-order valence-corrected chi connectivity index (χ1v) is 8.78. The van der Waals surface area contributed by atoms with E-state index in [2.05, 4.69) is 21.4 Å². The molecule has 120 valence electrons. The van der Waals surface area contributed by atoms with Crippen molar-refractivity contribution in [2.24, 2.45) is 7.05 Å². The molecule has 23 heavy (non-hydrogen) atoms. The highest BCUT2D eigenvalue weighted by Crippen LogP contribution is 2.19. The maximum atomic E-state index is 12.1. The summed E-state index contributed by atoms with van der Waals surface area (Å²) >= 11 is 1.60. The highest BCUT2D eigenvalue weighted by Gasteiger charge is 2.09.